The van der Waals surface area contributed by atoms with Crippen LogP contribution in [-0.4, -0.2) is 35.1 Å². The molecule has 8 heteroatoms. The van der Waals surface area contributed by atoms with Crippen molar-refractivity contribution in [2.45, 2.75) is 31.7 Å². The van der Waals surface area contributed by atoms with Gasteiger partial charge in [0, 0.05) is 30.8 Å². The number of hydrogen-bond donors (Lipinski definition) is 1. The quantitative estimate of drug-likeness (QED) is 0.678. The van der Waals surface area contributed by atoms with Crippen LogP contribution in [0.4, 0.5) is 13.2 Å². The minimum absolute atomic E-state index is 0.0149. The van der Waals surface area contributed by atoms with E-state index in [2.05, 4.69) is 15.3 Å². The fraction of sp³-hybridized carbons (Fsp3) is 0.318. The molecule has 1 aromatic carbocycles. The fourth-order valence-electron chi connectivity index (χ4n) is 3.54. The number of alkyl halides is 2. The number of carbonyl (C=O) groups is 1. The Morgan fingerprint density at radius 1 is 1.20 bits per heavy atom. The molecule has 1 saturated heterocycles. The van der Waals surface area contributed by atoms with Gasteiger partial charge in [0.25, 0.3) is 12.3 Å². The lowest BCUT2D eigenvalue weighted by molar-refractivity contribution is 0.0694. The molecule has 0 radical (unpaired) electrons. The molecule has 1 amide bonds. The van der Waals surface area contributed by atoms with E-state index in [9.17, 15) is 18.0 Å². The van der Waals surface area contributed by atoms with Crippen LogP contribution < -0.4 is 5.32 Å². The van der Waals surface area contributed by atoms with Crippen molar-refractivity contribution in [1.82, 2.24) is 15.3 Å². The summed E-state index contributed by atoms with van der Waals surface area (Å²) in [6.07, 6.45) is 0.451. The van der Waals surface area contributed by atoms with Crippen LogP contribution in [0.2, 0.25) is 0 Å². The first-order chi connectivity index (χ1) is 14.5. The van der Waals surface area contributed by atoms with Gasteiger partial charge in [0.05, 0.1) is 0 Å². The van der Waals surface area contributed by atoms with Gasteiger partial charge in [-0.15, -0.1) is 0 Å². The predicted molar refractivity (Wildman–Crippen MR) is 105 cm³/mol. The third-order valence-electron chi connectivity index (χ3n) is 5.13. The molecule has 4 rings (SSSR count). The minimum Gasteiger partial charge on any atom is -0.381 e. The van der Waals surface area contributed by atoms with Crippen LogP contribution in [0, 0.1) is 5.82 Å². The van der Waals surface area contributed by atoms with E-state index < -0.39 is 12.2 Å². The lowest BCUT2D eigenvalue weighted by Crippen LogP contribution is -2.39. The van der Waals surface area contributed by atoms with Crippen molar-refractivity contribution in [3.8, 4) is 0 Å². The predicted octanol–water partition coefficient (Wildman–Crippen LogP) is 4.21. The van der Waals surface area contributed by atoms with Crippen molar-refractivity contribution in [2.75, 3.05) is 13.2 Å². The average Bonchev–Trinajstić information content (AvgIpc) is 2.75. The van der Waals surface area contributed by atoms with Crippen LogP contribution in [0.3, 0.4) is 0 Å². The summed E-state index contributed by atoms with van der Waals surface area (Å²) < 4.78 is 45.2. The van der Waals surface area contributed by atoms with Crippen molar-refractivity contribution >= 4 is 16.8 Å². The van der Waals surface area contributed by atoms with Crippen LogP contribution in [0.15, 0.2) is 42.6 Å². The normalized spacial score (nSPS) is 14.9. The highest BCUT2D eigenvalue weighted by molar-refractivity contribution is 5.96. The Bertz CT molecular complexity index is 1050. The number of hydrogen-bond acceptors (Lipinski definition) is 4. The maximum absolute atomic E-state index is 14.4. The van der Waals surface area contributed by atoms with Crippen molar-refractivity contribution in [3.05, 3.63) is 70.9 Å². The summed E-state index contributed by atoms with van der Waals surface area (Å²) in [7, 11) is 0. The molecular weight excluding hydrogens is 395 g/mol. The Kier molecular flexibility index (Phi) is 5.94. The third-order valence-corrected chi connectivity index (χ3v) is 5.13. The van der Waals surface area contributed by atoms with Crippen molar-refractivity contribution in [2.24, 2.45) is 0 Å². The van der Waals surface area contributed by atoms with Crippen molar-refractivity contribution in [3.63, 3.8) is 0 Å². The maximum atomic E-state index is 14.4. The lowest BCUT2D eigenvalue weighted by atomic mass is 10.00. The molecular formula is C22H20F3N3O2. The van der Waals surface area contributed by atoms with Gasteiger partial charge in [-0.05, 0) is 48.6 Å². The minimum atomic E-state index is -2.64. The van der Waals surface area contributed by atoms with E-state index in [0.29, 0.717) is 49.0 Å². The molecule has 5 nitrogen and oxygen atoms in total. The lowest BCUT2D eigenvalue weighted by Gasteiger charge is -2.23. The van der Waals surface area contributed by atoms with E-state index >= 15 is 0 Å². The van der Waals surface area contributed by atoms with Gasteiger partial charge in [-0.3, -0.25) is 9.78 Å². The second-order valence-electron chi connectivity index (χ2n) is 7.23. The molecule has 3 heterocycles. The molecule has 2 aromatic heterocycles. The number of benzene rings is 1. The van der Waals surface area contributed by atoms with E-state index in [0.717, 1.165) is 0 Å². The molecule has 1 fully saturated rings. The molecule has 1 aliphatic rings. The maximum Gasteiger partial charge on any atom is 0.280 e. The van der Waals surface area contributed by atoms with Gasteiger partial charge in [0.2, 0.25) is 0 Å². The summed E-state index contributed by atoms with van der Waals surface area (Å²) in [5.74, 6) is -0.903. The summed E-state index contributed by atoms with van der Waals surface area (Å²) in [5.41, 5.74) is 1.26. The summed E-state index contributed by atoms with van der Waals surface area (Å²) in [4.78, 5) is 20.8. The largest absolute Gasteiger partial charge is 0.381 e. The number of para-hydroxylation sites is 1. The Morgan fingerprint density at radius 2 is 2.00 bits per heavy atom. The molecule has 0 unspecified atom stereocenters. The second-order valence-corrected chi connectivity index (χ2v) is 7.23. The number of ether oxygens (including phenoxy) is 1. The number of aromatic nitrogens is 2. The second kappa shape index (κ2) is 8.79. The smallest absolute Gasteiger partial charge is 0.280 e. The monoisotopic (exact) mass is 415 g/mol. The number of nitrogens with one attached hydrogen (secondary N) is 1. The summed E-state index contributed by atoms with van der Waals surface area (Å²) in [6, 6.07) is 9.02. The van der Waals surface area contributed by atoms with E-state index in [1.807, 2.05) is 0 Å². The first-order valence-electron chi connectivity index (χ1n) is 9.71. The Hall–Kier alpha value is -3.00. The van der Waals surface area contributed by atoms with E-state index in [1.165, 1.54) is 18.3 Å². The molecule has 1 N–H and O–H groups in total. The van der Waals surface area contributed by atoms with Gasteiger partial charge in [-0.2, -0.15) is 0 Å². The highest BCUT2D eigenvalue weighted by Crippen LogP contribution is 2.24. The van der Waals surface area contributed by atoms with Gasteiger partial charge < -0.3 is 10.1 Å². The van der Waals surface area contributed by atoms with E-state index in [1.54, 1.807) is 24.3 Å². The zero-order valence-electron chi connectivity index (χ0n) is 16.1. The topological polar surface area (TPSA) is 64.1 Å². The highest BCUT2D eigenvalue weighted by Gasteiger charge is 2.20. The number of rotatable bonds is 5. The summed E-state index contributed by atoms with van der Waals surface area (Å²) in [6.45, 7) is 1.16. The zero-order valence-corrected chi connectivity index (χ0v) is 16.1. The molecule has 30 heavy (non-hydrogen) atoms. The van der Waals surface area contributed by atoms with E-state index in [-0.39, 0.29) is 28.9 Å². The third kappa shape index (κ3) is 4.43. The number of carbonyl (C=O) groups excluding carboxylic acids is 1. The Labute approximate surface area is 171 Å². The van der Waals surface area contributed by atoms with Crippen LogP contribution >= 0.6 is 0 Å². The van der Waals surface area contributed by atoms with Crippen LogP contribution in [-0.2, 0) is 11.2 Å². The van der Waals surface area contributed by atoms with Crippen LogP contribution in [0.1, 0.15) is 46.6 Å². The van der Waals surface area contributed by atoms with Gasteiger partial charge in [0.15, 0.2) is 0 Å². The van der Waals surface area contributed by atoms with Gasteiger partial charge in [0.1, 0.15) is 22.7 Å². The highest BCUT2D eigenvalue weighted by atomic mass is 19.3. The first kappa shape index (κ1) is 20.3. The molecule has 3 aromatic rings. The van der Waals surface area contributed by atoms with E-state index in [4.69, 9.17) is 4.74 Å². The van der Waals surface area contributed by atoms with Crippen molar-refractivity contribution in [1.29, 1.82) is 0 Å². The molecule has 0 saturated carbocycles. The number of fused-ring (bicyclic) bond motifs is 1. The average molecular weight is 415 g/mol. The molecule has 156 valence electrons. The first-order valence-corrected chi connectivity index (χ1v) is 9.71. The Morgan fingerprint density at radius 3 is 2.70 bits per heavy atom. The number of amides is 1. The zero-order chi connectivity index (χ0) is 21.1. The molecule has 0 atom stereocenters. The number of nitrogens with zero attached hydrogens (tertiary/aromatic N) is 2. The van der Waals surface area contributed by atoms with Crippen LogP contribution in [0.25, 0.3) is 10.9 Å². The summed E-state index contributed by atoms with van der Waals surface area (Å²) >= 11 is 0. The fourth-order valence-corrected chi connectivity index (χ4v) is 3.54. The van der Waals surface area contributed by atoms with Crippen LogP contribution in [0.5, 0.6) is 0 Å². The van der Waals surface area contributed by atoms with Gasteiger partial charge in [-0.1, -0.05) is 18.2 Å². The number of pyridine rings is 2. The number of halogens is 3. The van der Waals surface area contributed by atoms with Gasteiger partial charge >= 0.3 is 0 Å². The molecule has 1 aliphatic heterocycles. The van der Waals surface area contributed by atoms with Crippen molar-refractivity contribution < 1.29 is 22.7 Å². The van der Waals surface area contributed by atoms with Gasteiger partial charge in [-0.25, -0.2) is 18.2 Å². The molecule has 0 bridgehead atoms. The summed E-state index contributed by atoms with van der Waals surface area (Å²) in [5, 5.41) is 3.50. The standard InChI is InChI=1S/C22H20F3N3O2/c23-17-3-1-2-16-14(10-13-4-5-18(21(24)25)26-12-13)11-19(28-20(16)17)22(29)27-15-6-8-30-9-7-15/h1-5,11-12,15,21H,6-10H2,(H,27,29). The Balaban J connectivity index is 1.67. The molecule has 0 aliphatic carbocycles. The molecule has 0 spiro atoms. The SMILES string of the molecule is O=C(NC1CCOCC1)c1cc(Cc2ccc(C(F)F)nc2)c2cccc(F)c2n1.